The number of hydrogen-bond acceptors (Lipinski definition) is 3. The molecule has 28 heavy (non-hydrogen) atoms. The Morgan fingerprint density at radius 3 is 2.71 bits per heavy atom. The minimum atomic E-state index is -0.298. The molecule has 2 amide bonds. The maximum Gasteiger partial charge on any atom is 0.272 e. The van der Waals surface area contributed by atoms with Crippen LogP contribution in [0.1, 0.15) is 53.8 Å². The van der Waals surface area contributed by atoms with Crippen molar-refractivity contribution >= 4 is 11.8 Å². The Kier molecular flexibility index (Phi) is 5.41. The molecule has 1 aliphatic heterocycles. The van der Waals surface area contributed by atoms with E-state index in [1.54, 1.807) is 16.8 Å². The highest BCUT2D eigenvalue weighted by Crippen LogP contribution is 2.27. The summed E-state index contributed by atoms with van der Waals surface area (Å²) in [5.74, 6) is -0.330. The zero-order valence-corrected chi connectivity index (χ0v) is 15.9. The molecule has 0 spiro atoms. The molecule has 0 atom stereocenters. The Morgan fingerprint density at radius 1 is 1.07 bits per heavy atom. The molecule has 1 N–H and O–H groups in total. The van der Waals surface area contributed by atoms with Crippen LogP contribution in [0.15, 0.2) is 24.3 Å². The summed E-state index contributed by atoms with van der Waals surface area (Å²) in [6, 6.07) is 6.15. The van der Waals surface area contributed by atoms with Crippen LogP contribution in [0.4, 0.5) is 4.39 Å². The van der Waals surface area contributed by atoms with E-state index in [4.69, 9.17) is 0 Å². The van der Waals surface area contributed by atoms with Gasteiger partial charge in [-0.3, -0.25) is 9.59 Å². The predicted molar refractivity (Wildman–Crippen MR) is 103 cm³/mol. The molecular weight excluding hydrogens is 359 g/mol. The van der Waals surface area contributed by atoms with Crippen LogP contribution in [0.25, 0.3) is 5.69 Å². The SMILES string of the molecule is O=C(NCCN1CCCCCC1=O)c1nn(-c2ccc(F)cc2)c2c1CCC2. The van der Waals surface area contributed by atoms with E-state index in [1.807, 2.05) is 4.90 Å². The van der Waals surface area contributed by atoms with Gasteiger partial charge in [0.15, 0.2) is 5.69 Å². The van der Waals surface area contributed by atoms with Gasteiger partial charge in [0, 0.05) is 37.3 Å². The number of rotatable bonds is 5. The van der Waals surface area contributed by atoms with E-state index in [1.165, 1.54) is 12.1 Å². The van der Waals surface area contributed by atoms with Crippen LogP contribution >= 0.6 is 0 Å². The number of carbonyl (C=O) groups is 2. The van der Waals surface area contributed by atoms with Crippen molar-refractivity contribution < 1.29 is 14.0 Å². The molecule has 4 rings (SSSR count). The maximum absolute atomic E-state index is 13.2. The van der Waals surface area contributed by atoms with Gasteiger partial charge >= 0.3 is 0 Å². The number of nitrogens with zero attached hydrogens (tertiary/aromatic N) is 3. The van der Waals surface area contributed by atoms with Crippen LogP contribution in [0, 0.1) is 5.82 Å². The number of fused-ring (bicyclic) bond motifs is 1. The first-order valence-corrected chi connectivity index (χ1v) is 10.1. The lowest BCUT2D eigenvalue weighted by Crippen LogP contribution is -2.38. The zero-order chi connectivity index (χ0) is 19.5. The first-order chi connectivity index (χ1) is 13.6. The highest BCUT2D eigenvalue weighted by molar-refractivity contribution is 5.94. The lowest BCUT2D eigenvalue weighted by Gasteiger charge is -2.20. The molecule has 1 saturated heterocycles. The molecule has 7 heteroatoms. The molecular formula is C21H25FN4O2. The van der Waals surface area contributed by atoms with Crippen LogP contribution in [0.2, 0.25) is 0 Å². The van der Waals surface area contributed by atoms with Crippen LogP contribution in [-0.2, 0) is 17.6 Å². The zero-order valence-electron chi connectivity index (χ0n) is 15.9. The van der Waals surface area contributed by atoms with E-state index >= 15 is 0 Å². The van der Waals surface area contributed by atoms with Gasteiger partial charge < -0.3 is 10.2 Å². The molecule has 0 bridgehead atoms. The minimum absolute atomic E-state index is 0.174. The number of nitrogens with one attached hydrogen (secondary N) is 1. The Labute approximate surface area is 163 Å². The van der Waals surface area contributed by atoms with Crippen LogP contribution in [0.3, 0.4) is 0 Å². The summed E-state index contributed by atoms with van der Waals surface area (Å²) in [5, 5.41) is 7.45. The second-order valence-corrected chi connectivity index (χ2v) is 7.46. The van der Waals surface area contributed by atoms with Gasteiger partial charge in [-0.2, -0.15) is 5.10 Å². The van der Waals surface area contributed by atoms with E-state index in [0.29, 0.717) is 25.2 Å². The number of likely N-dealkylation sites (tertiary alicyclic amines) is 1. The second-order valence-electron chi connectivity index (χ2n) is 7.46. The molecule has 2 aliphatic rings. The standard InChI is InChI=1S/C21H25FN4O2/c22-15-8-10-16(11-9-15)26-18-6-4-5-17(18)20(24-26)21(28)23-12-14-25-13-3-1-2-7-19(25)27/h8-11H,1-7,12-14H2,(H,23,28). The molecule has 148 valence electrons. The van der Waals surface area contributed by atoms with Crippen molar-refractivity contribution in [2.45, 2.75) is 44.9 Å². The summed E-state index contributed by atoms with van der Waals surface area (Å²) in [5.41, 5.74) is 3.21. The van der Waals surface area contributed by atoms with Gasteiger partial charge in [0.1, 0.15) is 5.82 Å². The fraction of sp³-hybridized carbons (Fsp3) is 0.476. The van der Waals surface area contributed by atoms with Gasteiger partial charge in [-0.1, -0.05) is 6.42 Å². The lowest BCUT2D eigenvalue weighted by molar-refractivity contribution is -0.130. The predicted octanol–water partition coefficient (Wildman–Crippen LogP) is 2.63. The molecule has 0 saturated carbocycles. The van der Waals surface area contributed by atoms with Crippen molar-refractivity contribution in [1.29, 1.82) is 0 Å². The Bertz CT molecular complexity index is 875. The van der Waals surface area contributed by atoms with Crippen LogP contribution in [0.5, 0.6) is 0 Å². The topological polar surface area (TPSA) is 67.2 Å². The second kappa shape index (κ2) is 8.12. The highest BCUT2D eigenvalue weighted by Gasteiger charge is 2.27. The van der Waals surface area contributed by atoms with Crippen LogP contribution < -0.4 is 5.32 Å². The fourth-order valence-corrected chi connectivity index (χ4v) is 4.08. The molecule has 1 aromatic carbocycles. The van der Waals surface area contributed by atoms with Gasteiger partial charge in [-0.25, -0.2) is 9.07 Å². The van der Waals surface area contributed by atoms with Crippen molar-refractivity contribution in [3.63, 3.8) is 0 Å². The first kappa shape index (κ1) is 18.7. The van der Waals surface area contributed by atoms with E-state index in [-0.39, 0.29) is 17.6 Å². The third kappa shape index (κ3) is 3.79. The number of hydrogen-bond donors (Lipinski definition) is 1. The van der Waals surface area contributed by atoms with E-state index in [2.05, 4.69) is 10.4 Å². The van der Waals surface area contributed by atoms with Gasteiger partial charge in [0.2, 0.25) is 5.91 Å². The monoisotopic (exact) mass is 384 g/mol. The average molecular weight is 384 g/mol. The van der Waals surface area contributed by atoms with Crippen LogP contribution in [-0.4, -0.2) is 46.1 Å². The molecule has 2 heterocycles. The van der Waals surface area contributed by atoms with Crippen molar-refractivity contribution in [2.75, 3.05) is 19.6 Å². The van der Waals surface area contributed by atoms with Gasteiger partial charge in [0.05, 0.1) is 5.69 Å². The lowest BCUT2D eigenvalue weighted by atomic mass is 10.2. The molecule has 1 aromatic heterocycles. The maximum atomic E-state index is 13.2. The Morgan fingerprint density at radius 2 is 1.89 bits per heavy atom. The number of benzene rings is 1. The van der Waals surface area contributed by atoms with E-state index in [0.717, 1.165) is 62.0 Å². The van der Waals surface area contributed by atoms with E-state index in [9.17, 15) is 14.0 Å². The van der Waals surface area contributed by atoms with Crippen molar-refractivity contribution in [1.82, 2.24) is 20.0 Å². The summed E-state index contributed by atoms with van der Waals surface area (Å²) in [7, 11) is 0. The quantitative estimate of drug-likeness (QED) is 0.862. The summed E-state index contributed by atoms with van der Waals surface area (Å²) in [4.78, 5) is 26.7. The van der Waals surface area contributed by atoms with Crippen molar-refractivity contribution in [2.24, 2.45) is 0 Å². The molecule has 2 aromatic rings. The fourth-order valence-electron chi connectivity index (χ4n) is 4.08. The highest BCUT2D eigenvalue weighted by atomic mass is 19.1. The first-order valence-electron chi connectivity index (χ1n) is 10.1. The van der Waals surface area contributed by atoms with Gasteiger partial charge in [-0.05, 0) is 56.4 Å². The van der Waals surface area contributed by atoms with Crippen molar-refractivity contribution in [3.8, 4) is 5.69 Å². The summed E-state index contributed by atoms with van der Waals surface area (Å²) >= 11 is 0. The minimum Gasteiger partial charge on any atom is -0.349 e. The third-order valence-electron chi connectivity index (χ3n) is 5.56. The summed E-state index contributed by atoms with van der Waals surface area (Å²) in [6.45, 7) is 1.72. The molecule has 0 radical (unpaired) electrons. The van der Waals surface area contributed by atoms with Gasteiger partial charge in [-0.15, -0.1) is 0 Å². The van der Waals surface area contributed by atoms with E-state index < -0.39 is 0 Å². The molecule has 1 fully saturated rings. The molecule has 1 aliphatic carbocycles. The number of halogens is 1. The third-order valence-corrected chi connectivity index (χ3v) is 5.56. The Balaban J connectivity index is 1.45. The number of carbonyl (C=O) groups excluding carboxylic acids is 2. The molecule has 6 nitrogen and oxygen atoms in total. The largest absolute Gasteiger partial charge is 0.349 e. The average Bonchev–Trinajstić information content (AvgIpc) is 3.23. The van der Waals surface area contributed by atoms with Crippen molar-refractivity contribution in [3.05, 3.63) is 47.0 Å². The normalized spacial score (nSPS) is 16.8. The number of amides is 2. The molecule has 0 unspecified atom stereocenters. The summed E-state index contributed by atoms with van der Waals surface area (Å²) < 4.78 is 15.0. The van der Waals surface area contributed by atoms with Gasteiger partial charge in [0.25, 0.3) is 5.91 Å². The Hall–Kier alpha value is -2.70. The summed E-state index contributed by atoms with van der Waals surface area (Å²) in [6.07, 6.45) is 6.32. The number of aromatic nitrogens is 2. The smallest absolute Gasteiger partial charge is 0.272 e.